The maximum Gasteiger partial charge on any atom is 0.417 e. The van der Waals surface area contributed by atoms with Crippen LogP contribution in [0.1, 0.15) is 46.1 Å². The molecule has 2 aromatic heterocycles. The monoisotopic (exact) mass is 637 g/mol. The largest absolute Gasteiger partial charge is 0.475 e. The molecule has 0 unspecified atom stereocenters. The van der Waals surface area contributed by atoms with Crippen LogP contribution in [0.5, 0.6) is 5.88 Å². The fraction of sp³-hybridized carbons (Fsp3) is 0.286. The quantitative estimate of drug-likeness (QED) is 0.110. The smallest absolute Gasteiger partial charge is 0.417 e. The molecule has 0 atom stereocenters. The van der Waals surface area contributed by atoms with Gasteiger partial charge in [0.15, 0.2) is 0 Å². The third-order valence-electron chi connectivity index (χ3n) is 7.46. The van der Waals surface area contributed by atoms with Gasteiger partial charge in [-0.25, -0.2) is 0 Å². The van der Waals surface area contributed by atoms with E-state index >= 15 is 0 Å². The normalized spacial score (nSPS) is 11.9. The Bertz CT molecular complexity index is 1540. The number of hydrogen-bond donors (Lipinski definition) is 1. The molecular weight excluding hydrogens is 603 g/mol. The molecular formula is C35H35ClF3N3O3. The molecule has 5 rings (SSSR count). The van der Waals surface area contributed by atoms with E-state index in [2.05, 4.69) is 39.6 Å². The van der Waals surface area contributed by atoms with Crippen molar-refractivity contribution in [1.82, 2.24) is 15.4 Å². The van der Waals surface area contributed by atoms with Crippen LogP contribution in [0.4, 0.5) is 13.2 Å². The minimum atomic E-state index is -4.53. The van der Waals surface area contributed by atoms with Crippen molar-refractivity contribution in [2.45, 2.75) is 38.0 Å². The van der Waals surface area contributed by atoms with E-state index in [4.69, 9.17) is 25.3 Å². The van der Waals surface area contributed by atoms with Gasteiger partial charge in [0, 0.05) is 44.6 Å². The minimum absolute atomic E-state index is 0.00242. The lowest BCUT2D eigenvalue weighted by Gasteiger charge is -2.29. The van der Waals surface area contributed by atoms with Crippen molar-refractivity contribution < 1.29 is 26.8 Å². The van der Waals surface area contributed by atoms with Gasteiger partial charge in [-0.3, -0.25) is 4.90 Å². The van der Waals surface area contributed by atoms with Crippen molar-refractivity contribution in [3.05, 3.63) is 142 Å². The molecule has 0 fully saturated rings. The number of nitrogens with zero attached hydrogens (tertiary/aromatic N) is 2. The van der Waals surface area contributed by atoms with Gasteiger partial charge in [0.1, 0.15) is 11.5 Å². The van der Waals surface area contributed by atoms with Gasteiger partial charge in [-0.2, -0.15) is 13.2 Å². The molecule has 0 spiro atoms. The van der Waals surface area contributed by atoms with Gasteiger partial charge < -0.3 is 19.0 Å². The molecule has 0 amide bonds. The molecule has 0 radical (unpaired) electrons. The summed E-state index contributed by atoms with van der Waals surface area (Å²) >= 11 is 6.32. The minimum Gasteiger partial charge on any atom is -0.475 e. The summed E-state index contributed by atoms with van der Waals surface area (Å²) < 4.78 is 57.5. The molecule has 1 N–H and O–H groups in total. The van der Waals surface area contributed by atoms with Crippen LogP contribution in [0.25, 0.3) is 0 Å². The van der Waals surface area contributed by atoms with Crippen LogP contribution < -0.4 is 10.1 Å². The number of halogens is 4. The molecule has 0 aliphatic carbocycles. The lowest BCUT2D eigenvalue weighted by molar-refractivity contribution is -0.137. The van der Waals surface area contributed by atoms with E-state index in [-0.39, 0.29) is 17.5 Å². The van der Waals surface area contributed by atoms with Gasteiger partial charge in [0.25, 0.3) is 5.88 Å². The highest BCUT2D eigenvalue weighted by molar-refractivity contribution is 6.32. The average Bonchev–Trinajstić information content (AvgIpc) is 3.73. The molecule has 236 valence electrons. The fourth-order valence-corrected chi connectivity index (χ4v) is 5.50. The Balaban J connectivity index is 1.23. The second-order valence-electron chi connectivity index (χ2n) is 10.7. The third-order valence-corrected chi connectivity index (χ3v) is 7.90. The van der Waals surface area contributed by atoms with Crippen LogP contribution in [0.15, 0.2) is 112 Å². The van der Waals surface area contributed by atoms with E-state index in [1.807, 2.05) is 48.5 Å². The molecule has 0 bridgehead atoms. The summed E-state index contributed by atoms with van der Waals surface area (Å²) in [4.78, 5) is 2.13. The lowest BCUT2D eigenvalue weighted by Crippen LogP contribution is -2.31. The van der Waals surface area contributed by atoms with Crippen molar-refractivity contribution in [2.24, 2.45) is 0 Å². The number of nitrogens with one attached hydrogen (secondary N) is 1. The first-order valence-electron chi connectivity index (χ1n) is 14.8. The van der Waals surface area contributed by atoms with Crippen molar-refractivity contribution >= 4 is 11.6 Å². The van der Waals surface area contributed by atoms with Crippen LogP contribution in [0.3, 0.4) is 0 Å². The van der Waals surface area contributed by atoms with E-state index in [9.17, 15) is 13.2 Å². The zero-order chi connectivity index (χ0) is 31.5. The van der Waals surface area contributed by atoms with Crippen LogP contribution in [0, 0.1) is 0 Å². The number of aromatic nitrogens is 1. The topological polar surface area (TPSA) is 63.7 Å². The first kappa shape index (κ1) is 32.3. The van der Waals surface area contributed by atoms with Gasteiger partial charge in [-0.05, 0) is 46.5 Å². The van der Waals surface area contributed by atoms with Gasteiger partial charge in [-0.1, -0.05) is 84.4 Å². The predicted molar refractivity (Wildman–Crippen MR) is 167 cm³/mol. The van der Waals surface area contributed by atoms with E-state index in [0.29, 0.717) is 62.8 Å². The Labute approximate surface area is 265 Å². The predicted octanol–water partition coefficient (Wildman–Crippen LogP) is 8.38. The van der Waals surface area contributed by atoms with Crippen molar-refractivity contribution in [3.63, 3.8) is 0 Å². The number of hydrogen-bond acceptors (Lipinski definition) is 6. The van der Waals surface area contributed by atoms with Crippen LogP contribution in [-0.2, 0) is 25.7 Å². The number of ether oxygens (including phenoxy) is 1. The van der Waals surface area contributed by atoms with Gasteiger partial charge in [0.05, 0.1) is 30.0 Å². The number of benzene rings is 3. The molecule has 6 nitrogen and oxygen atoms in total. The molecule has 0 saturated carbocycles. The second kappa shape index (κ2) is 15.8. The van der Waals surface area contributed by atoms with Crippen LogP contribution >= 0.6 is 11.6 Å². The molecule has 5 aromatic rings. The van der Waals surface area contributed by atoms with Crippen molar-refractivity contribution in [3.8, 4) is 5.88 Å². The maximum absolute atomic E-state index is 13.6. The molecule has 3 aromatic carbocycles. The fourth-order valence-electron chi connectivity index (χ4n) is 5.21. The highest BCUT2D eigenvalue weighted by Crippen LogP contribution is 2.37. The average molecular weight is 638 g/mol. The summed E-state index contributed by atoms with van der Waals surface area (Å²) in [6.45, 7) is 3.05. The Hall–Kier alpha value is -4.05. The van der Waals surface area contributed by atoms with Gasteiger partial charge in [-0.15, -0.1) is 0 Å². The van der Waals surface area contributed by atoms with E-state index in [1.165, 1.54) is 6.07 Å². The first-order valence-corrected chi connectivity index (χ1v) is 15.2. The lowest BCUT2D eigenvalue weighted by atomic mass is 9.90. The Morgan fingerprint density at radius 2 is 1.62 bits per heavy atom. The Morgan fingerprint density at radius 1 is 0.889 bits per heavy atom. The first-order chi connectivity index (χ1) is 21.9. The van der Waals surface area contributed by atoms with Crippen LogP contribution in [0.2, 0.25) is 5.02 Å². The highest BCUT2D eigenvalue weighted by Gasteiger charge is 2.34. The molecule has 0 aliphatic rings. The van der Waals surface area contributed by atoms with Gasteiger partial charge >= 0.3 is 6.18 Å². The summed E-state index contributed by atoms with van der Waals surface area (Å²) in [6, 6.07) is 29.8. The van der Waals surface area contributed by atoms with Crippen LogP contribution in [-0.4, -0.2) is 36.3 Å². The van der Waals surface area contributed by atoms with Crippen molar-refractivity contribution in [1.29, 1.82) is 0 Å². The van der Waals surface area contributed by atoms with E-state index in [0.717, 1.165) is 23.0 Å². The summed E-state index contributed by atoms with van der Waals surface area (Å²) in [7, 11) is 0. The number of alkyl halides is 3. The summed E-state index contributed by atoms with van der Waals surface area (Å²) in [5.74, 6) is 1.96. The summed E-state index contributed by atoms with van der Waals surface area (Å²) in [5, 5.41) is 7.04. The second-order valence-corrected chi connectivity index (χ2v) is 11.1. The molecule has 45 heavy (non-hydrogen) atoms. The standard InChI is InChI=1S/C35H35ClF3N3O3/c36-34-28(14-7-16-32(34)35(37,38)39)24-42(25-31(26-10-3-1-4-11-26)27-12-5-2-6-13-27)19-9-21-44-33-22-29(45-41-33)17-18-40-23-30-15-8-20-43-30/h1-8,10-16,20,22,31,40H,9,17-19,21,23-25H2. The molecule has 0 aliphatic heterocycles. The molecule has 10 heteroatoms. The molecule has 2 heterocycles. The van der Waals surface area contributed by atoms with Gasteiger partial charge in [0.2, 0.25) is 0 Å². The SMILES string of the molecule is FC(F)(F)c1cccc(CN(CCCOc2cc(CCNCc3ccco3)on2)CC(c2ccccc2)c2ccccc2)c1Cl. The summed E-state index contributed by atoms with van der Waals surface area (Å²) in [5.41, 5.74) is 1.84. The number of furan rings is 1. The maximum atomic E-state index is 13.6. The van der Waals surface area contributed by atoms with E-state index < -0.39 is 11.7 Å². The Kier molecular flexibility index (Phi) is 11.4. The van der Waals surface area contributed by atoms with Crippen molar-refractivity contribution in [2.75, 3.05) is 26.2 Å². The third kappa shape index (κ3) is 9.47. The Morgan fingerprint density at radius 3 is 2.29 bits per heavy atom. The summed E-state index contributed by atoms with van der Waals surface area (Å²) in [6.07, 6.45) is -1.64. The zero-order valence-corrected chi connectivity index (χ0v) is 25.4. The zero-order valence-electron chi connectivity index (χ0n) is 24.7. The van der Waals surface area contributed by atoms with E-state index in [1.54, 1.807) is 18.4 Å². The molecule has 0 saturated heterocycles. The highest BCUT2D eigenvalue weighted by atomic mass is 35.5. The number of rotatable bonds is 16.